The Morgan fingerprint density at radius 2 is 1.69 bits per heavy atom. The zero-order valence-electron chi connectivity index (χ0n) is 27.4. The van der Waals surface area contributed by atoms with Gasteiger partial charge in [0, 0.05) is 47.0 Å². The molecular weight excluding hydrogens is 634 g/mol. The molecule has 14 nitrogen and oxygen atoms in total. The number of aromatic carboxylic acids is 1. The second kappa shape index (κ2) is 15.7. The Kier molecular flexibility index (Phi) is 11.5. The monoisotopic (exact) mass is 671 g/mol. The highest BCUT2D eigenvalue weighted by Gasteiger charge is 2.26. The summed E-state index contributed by atoms with van der Waals surface area (Å²) in [6, 6.07) is 11.8. The van der Waals surface area contributed by atoms with Crippen LogP contribution in [0.15, 0.2) is 55.1 Å². The van der Waals surface area contributed by atoms with E-state index in [-0.39, 0.29) is 33.8 Å². The molecule has 49 heavy (non-hydrogen) atoms. The van der Waals surface area contributed by atoms with Gasteiger partial charge in [-0.25, -0.2) is 14.6 Å². The van der Waals surface area contributed by atoms with Gasteiger partial charge in [0.2, 0.25) is 6.29 Å². The molecule has 3 aromatic rings. The number of carbonyl (C=O) groups excluding carboxylic acids is 4. The van der Waals surface area contributed by atoms with E-state index in [9.17, 15) is 29.1 Å². The highest BCUT2D eigenvalue weighted by atomic mass is 16.7. The maximum Gasteiger partial charge on any atom is 0.415 e. The summed E-state index contributed by atoms with van der Waals surface area (Å²) in [5.74, 6) is -3.03. The molecule has 1 saturated carbocycles. The molecule has 0 saturated heterocycles. The summed E-state index contributed by atoms with van der Waals surface area (Å²) in [7, 11) is 1.42. The van der Waals surface area contributed by atoms with Gasteiger partial charge in [-0.05, 0) is 67.3 Å². The topological polar surface area (TPSA) is 206 Å². The van der Waals surface area contributed by atoms with Crippen LogP contribution in [-0.2, 0) is 14.3 Å². The number of carboxylic acids is 1. The van der Waals surface area contributed by atoms with Gasteiger partial charge in [0.05, 0.1) is 13.0 Å². The number of carboxylic acid groups (broad SMARTS) is 1. The number of nitrogens with zero attached hydrogens (tertiary/aromatic N) is 1. The van der Waals surface area contributed by atoms with Crippen LogP contribution in [0.25, 0.3) is 17.2 Å². The Labute approximate surface area is 282 Å². The summed E-state index contributed by atoms with van der Waals surface area (Å²) in [4.78, 5) is 66.7. The minimum absolute atomic E-state index is 0.0689. The van der Waals surface area contributed by atoms with E-state index in [4.69, 9.17) is 19.6 Å². The zero-order valence-corrected chi connectivity index (χ0v) is 27.4. The van der Waals surface area contributed by atoms with Crippen LogP contribution in [0.2, 0.25) is 0 Å². The molecule has 1 aromatic heterocycles. The predicted octanol–water partition coefficient (Wildman–Crippen LogP) is 5.09. The van der Waals surface area contributed by atoms with Gasteiger partial charge in [-0.1, -0.05) is 26.5 Å². The quantitative estimate of drug-likeness (QED) is 0.0704. The van der Waals surface area contributed by atoms with Crippen molar-refractivity contribution in [2.75, 3.05) is 19.0 Å². The van der Waals surface area contributed by atoms with Crippen LogP contribution < -0.4 is 20.7 Å². The Hall–Kier alpha value is -6.05. The Balaban J connectivity index is 1.55. The number of anilines is 1. The number of amidine groups is 1. The summed E-state index contributed by atoms with van der Waals surface area (Å²) in [5.41, 5.74) is 0.901. The second-order valence-corrected chi connectivity index (χ2v) is 11.5. The van der Waals surface area contributed by atoms with Crippen LogP contribution in [0, 0.1) is 17.2 Å². The van der Waals surface area contributed by atoms with Crippen LogP contribution in [0.5, 0.6) is 5.75 Å². The SMILES string of the molecule is C=Cc1cc(C(=O)Nc2ccc(C(=N)NC(=O)OC(C)OC(=O)C(C)C)cc2)c(-c2ccc(C(=O)NCC3CC3)nc2C(=O)O)cc1OC. The predicted molar refractivity (Wildman–Crippen MR) is 180 cm³/mol. The number of pyridine rings is 1. The van der Waals surface area contributed by atoms with Crippen molar-refractivity contribution in [1.82, 2.24) is 15.6 Å². The molecule has 5 N–H and O–H groups in total. The molecule has 3 amide bonds. The number of esters is 1. The van der Waals surface area contributed by atoms with Gasteiger partial charge in [-0.3, -0.25) is 25.1 Å². The van der Waals surface area contributed by atoms with Crippen LogP contribution in [0.4, 0.5) is 10.5 Å². The Morgan fingerprint density at radius 1 is 1.00 bits per heavy atom. The lowest BCUT2D eigenvalue weighted by molar-refractivity contribution is -0.168. The molecule has 2 aromatic carbocycles. The van der Waals surface area contributed by atoms with Crippen molar-refractivity contribution in [1.29, 1.82) is 5.41 Å². The van der Waals surface area contributed by atoms with Crippen LogP contribution in [-0.4, -0.2) is 65.7 Å². The standard InChI is InChI=1S/C35H37N5O9/c1-6-21-15-26(25(16-28(21)47-5)24-13-14-27(39-29(24)33(43)44)32(42)37-17-20-7-8-20)31(41)38-23-11-9-22(10-12-23)30(36)40-35(46)49-19(4)48-34(45)18(2)3/h6,9-16,18-20H,1,7-8,17H2,2-5H3,(H,37,42)(H,38,41)(H,43,44)(H2,36,40,46). The minimum atomic E-state index is -1.40. The number of nitrogens with one attached hydrogen (secondary N) is 4. The maximum absolute atomic E-state index is 13.7. The summed E-state index contributed by atoms with van der Waals surface area (Å²) >= 11 is 0. The number of hydrogen-bond acceptors (Lipinski definition) is 10. The van der Waals surface area contributed by atoms with Crippen molar-refractivity contribution in [3.8, 4) is 16.9 Å². The number of aromatic nitrogens is 1. The average molecular weight is 672 g/mol. The number of amides is 3. The van der Waals surface area contributed by atoms with Gasteiger partial charge in [0.15, 0.2) is 5.69 Å². The van der Waals surface area contributed by atoms with Crippen LogP contribution in [0.1, 0.15) is 76.1 Å². The van der Waals surface area contributed by atoms with E-state index in [0.717, 1.165) is 12.8 Å². The number of carbonyl (C=O) groups is 5. The van der Waals surface area contributed by atoms with E-state index < -0.39 is 47.7 Å². The van der Waals surface area contributed by atoms with E-state index in [2.05, 4.69) is 27.5 Å². The Morgan fingerprint density at radius 3 is 2.29 bits per heavy atom. The molecule has 1 atom stereocenters. The first-order chi connectivity index (χ1) is 23.3. The van der Waals surface area contributed by atoms with E-state index in [1.807, 2.05) is 0 Å². The molecule has 256 valence electrons. The molecule has 1 aliphatic rings. The number of methoxy groups -OCH3 is 1. The molecular formula is C35H37N5O9. The number of benzene rings is 2. The highest BCUT2D eigenvalue weighted by molar-refractivity contribution is 6.11. The average Bonchev–Trinajstić information content (AvgIpc) is 3.91. The smallest absolute Gasteiger partial charge is 0.415 e. The van der Waals surface area contributed by atoms with Gasteiger partial charge < -0.3 is 30.0 Å². The molecule has 0 bridgehead atoms. The van der Waals surface area contributed by atoms with E-state index >= 15 is 0 Å². The summed E-state index contributed by atoms with van der Waals surface area (Å²) in [6.07, 6.45) is 1.37. The fourth-order valence-corrected chi connectivity index (χ4v) is 4.56. The molecule has 1 unspecified atom stereocenters. The first-order valence-electron chi connectivity index (χ1n) is 15.4. The van der Waals surface area contributed by atoms with E-state index in [0.29, 0.717) is 29.5 Å². The fourth-order valence-electron chi connectivity index (χ4n) is 4.56. The molecule has 0 radical (unpaired) electrons. The number of rotatable bonds is 13. The van der Waals surface area contributed by atoms with Crippen molar-refractivity contribution >= 4 is 47.4 Å². The highest BCUT2D eigenvalue weighted by Crippen LogP contribution is 2.34. The summed E-state index contributed by atoms with van der Waals surface area (Å²) in [5, 5.41) is 26.0. The summed E-state index contributed by atoms with van der Waals surface area (Å²) in [6.45, 7) is 8.90. The van der Waals surface area contributed by atoms with Crippen molar-refractivity contribution in [3.63, 3.8) is 0 Å². The van der Waals surface area contributed by atoms with Crippen molar-refractivity contribution in [2.45, 2.75) is 39.9 Å². The van der Waals surface area contributed by atoms with Gasteiger partial charge in [-0.15, -0.1) is 0 Å². The van der Waals surface area contributed by atoms with Crippen molar-refractivity contribution in [3.05, 3.63) is 83.2 Å². The number of alkyl carbamates (subject to hydrolysis) is 1. The molecule has 1 fully saturated rings. The largest absolute Gasteiger partial charge is 0.496 e. The third-order valence-corrected chi connectivity index (χ3v) is 7.39. The lowest BCUT2D eigenvalue weighted by Gasteiger charge is -2.17. The Bertz CT molecular complexity index is 1800. The molecule has 4 rings (SSSR count). The van der Waals surface area contributed by atoms with E-state index in [1.165, 1.54) is 68.6 Å². The lowest BCUT2D eigenvalue weighted by Crippen LogP contribution is -2.35. The van der Waals surface area contributed by atoms with Gasteiger partial charge in [0.1, 0.15) is 17.3 Å². The zero-order chi connectivity index (χ0) is 35.8. The number of hydrogen-bond donors (Lipinski definition) is 5. The lowest BCUT2D eigenvalue weighted by atomic mass is 9.94. The molecule has 1 heterocycles. The normalized spacial score (nSPS) is 12.7. The minimum Gasteiger partial charge on any atom is -0.496 e. The van der Waals surface area contributed by atoms with Gasteiger partial charge in [-0.2, -0.15) is 0 Å². The van der Waals surface area contributed by atoms with Crippen molar-refractivity contribution in [2.24, 2.45) is 11.8 Å². The van der Waals surface area contributed by atoms with Crippen LogP contribution >= 0.6 is 0 Å². The third-order valence-electron chi connectivity index (χ3n) is 7.39. The second-order valence-electron chi connectivity index (χ2n) is 11.5. The van der Waals surface area contributed by atoms with Crippen molar-refractivity contribution < 1.29 is 43.3 Å². The first-order valence-corrected chi connectivity index (χ1v) is 15.4. The molecule has 1 aliphatic carbocycles. The maximum atomic E-state index is 13.7. The first kappa shape index (κ1) is 35.8. The van der Waals surface area contributed by atoms with Gasteiger partial charge in [0.25, 0.3) is 11.8 Å². The number of ether oxygens (including phenoxy) is 3. The molecule has 0 aliphatic heterocycles. The fraction of sp³-hybridized carbons (Fsp3) is 0.286. The van der Waals surface area contributed by atoms with Gasteiger partial charge >= 0.3 is 18.0 Å². The van der Waals surface area contributed by atoms with E-state index in [1.54, 1.807) is 13.8 Å². The molecule has 14 heteroatoms. The third kappa shape index (κ3) is 9.28. The van der Waals surface area contributed by atoms with Crippen LogP contribution in [0.3, 0.4) is 0 Å². The molecule has 0 spiro atoms. The summed E-state index contributed by atoms with van der Waals surface area (Å²) < 4.78 is 15.4.